The number of hydrogen-bond donors (Lipinski definition) is 2. The van der Waals surface area contributed by atoms with Crippen molar-refractivity contribution in [1.29, 1.82) is 0 Å². The lowest BCUT2D eigenvalue weighted by molar-refractivity contribution is -0.147. The summed E-state index contributed by atoms with van der Waals surface area (Å²) in [5.74, 6) is -0.350. The second kappa shape index (κ2) is 27.7. The van der Waals surface area contributed by atoms with Crippen molar-refractivity contribution in [3.05, 3.63) is 109 Å². The van der Waals surface area contributed by atoms with Crippen molar-refractivity contribution < 1.29 is 19.1 Å². The van der Waals surface area contributed by atoms with Crippen LogP contribution in [0.2, 0.25) is 0 Å². The molecule has 0 spiro atoms. The van der Waals surface area contributed by atoms with Gasteiger partial charge < -0.3 is 20.1 Å². The maximum absolute atomic E-state index is 12.8. The Morgan fingerprint density at radius 2 is 1.69 bits per heavy atom. The van der Waals surface area contributed by atoms with Gasteiger partial charge in [-0.1, -0.05) is 100 Å². The van der Waals surface area contributed by atoms with E-state index < -0.39 is 23.3 Å². The molecule has 2 N–H and O–H groups in total. The minimum Gasteiger partial charge on any atom is -0.468 e. The van der Waals surface area contributed by atoms with Gasteiger partial charge >= 0.3 is 12.1 Å². The smallest absolute Gasteiger partial charge is 0.407 e. The highest BCUT2D eigenvalue weighted by Crippen LogP contribution is 2.37. The van der Waals surface area contributed by atoms with E-state index in [1.165, 1.54) is 7.11 Å². The first-order valence-corrected chi connectivity index (χ1v) is 17.3. The van der Waals surface area contributed by atoms with Gasteiger partial charge in [-0.25, -0.2) is 4.79 Å². The lowest BCUT2D eigenvalue weighted by Crippen LogP contribution is -2.44. The van der Waals surface area contributed by atoms with E-state index in [9.17, 15) is 9.59 Å². The van der Waals surface area contributed by atoms with Gasteiger partial charge in [0.05, 0.1) is 13.4 Å². The standard InChI is InChI=1S/C35H52N4O4.C4H8.C2H6/c1-10-13-14-16-20-28(4)35(23-11-2,30-21-17-15-18-22-30)38-27-37-29(5)26-31(32(40)42-9)39(12-3)25-19-24-36-33(41)43-34(6,7)8;1-3-4-2;1-2/h10-11,14-18,20-22,27,31H,1-2,5,12-13,19,23-26H2,3-4,6-9H3,(H,36,41)(H,37,38);3-4H,1-2H3;1-2H3/b16-14?,28-20+;4-3-;/t31-,35?;;/m0../s1. The number of esters is 1. The van der Waals surface area contributed by atoms with Crippen LogP contribution in [-0.2, 0) is 19.8 Å². The molecule has 0 bridgehead atoms. The van der Waals surface area contributed by atoms with Gasteiger partial charge in [0.2, 0.25) is 0 Å². The van der Waals surface area contributed by atoms with Gasteiger partial charge in [-0.2, -0.15) is 0 Å². The van der Waals surface area contributed by atoms with Crippen molar-refractivity contribution in [2.75, 3.05) is 26.7 Å². The molecule has 1 rings (SSSR count). The minimum absolute atomic E-state index is 0.324. The van der Waals surface area contributed by atoms with Gasteiger partial charge in [0.25, 0.3) is 0 Å². The van der Waals surface area contributed by atoms with Crippen LogP contribution in [0.25, 0.3) is 0 Å². The molecule has 0 aromatic heterocycles. The van der Waals surface area contributed by atoms with Crippen LogP contribution in [0.4, 0.5) is 4.79 Å². The van der Waals surface area contributed by atoms with E-state index in [-0.39, 0.29) is 5.97 Å². The molecule has 1 aromatic rings. The molecule has 0 saturated carbocycles. The summed E-state index contributed by atoms with van der Waals surface area (Å²) in [4.78, 5) is 31.8. The number of amides is 1. The Morgan fingerprint density at radius 1 is 1.06 bits per heavy atom. The molecule has 0 heterocycles. The molecule has 8 nitrogen and oxygen atoms in total. The second-order valence-corrected chi connectivity index (χ2v) is 11.8. The summed E-state index contributed by atoms with van der Waals surface area (Å²) >= 11 is 0. The fraction of sp³-hybridized carbons (Fsp3) is 0.488. The van der Waals surface area contributed by atoms with Gasteiger partial charge in [0, 0.05) is 25.2 Å². The average molecular weight is 679 g/mol. The van der Waals surface area contributed by atoms with Crippen LogP contribution in [0, 0.1) is 0 Å². The third-order valence-electron chi connectivity index (χ3n) is 7.07. The first-order valence-electron chi connectivity index (χ1n) is 17.3. The maximum Gasteiger partial charge on any atom is 0.407 e. The number of nitrogens with one attached hydrogen (secondary N) is 2. The minimum atomic E-state index is -0.673. The quantitative estimate of drug-likeness (QED) is 0.0378. The Hall–Kier alpha value is -4.17. The first kappa shape index (κ1) is 46.9. The van der Waals surface area contributed by atoms with E-state index >= 15 is 0 Å². The molecular formula is C41H66N4O4. The van der Waals surface area contributed by atoms with Crippen molar-refractivity contribution in [1.82, 2.24) is 15.5 Å². The van der Waals surface area contributed by atoms with E-state index in [4.69, 9.17) is 14.5 Å². The van der Waals surface area contributed by atoms with Crippen LogP contribution in [0.15, 0.2) is 109 Å². The number of allylic oxidation sites excluding steroid dienone is 6. The highest BCUT2D eigenvalue weighted by atomic mass is 16.6. The SMILES string of the molecule is C/C=C\C.C=CCC=C/C=C(\C)C(CC=C)(N=CNC(=C)C[C@@H](C(=O)OC)N(CC)CCCNC(=O)OC(C)(C)C)c1ccccc1.CC. The van der Waals surface area contributed by atoms with Crippen LogP contribution in [0.5, 0.6) is 0 Å². The molecule has 274 valence electrons. The van der Waals surface area contributed by atoms with Crippen LogP contribution < -0.4 is 10.6 Å². The van der Waals surface area contributed by atoms with E-state index in [2.05, 4.69) is 55.5 Å². The van der Waals surface area contributed by atoms with Gasteiger partial charge in [0.1, 0.15) is 17.2 Å². The van der Waals surface area contributed by atoms with Crippen molar-refractivity contribution in [3.8, 4) is 0 Å². The van der Waals surface area contributed by atoms with Crippen LogP contribution >= 0.6 is 0 Å². The predicted molar refractivity (Wildman–Crippen MR) is 210 cm³/mol. The van der Waals surface area contributed by atoms with Crippen LogP contribution in [-0.4, -0.2) is 61.7 Å². The number of ether oxygens (including phenoxy) is 2. The molecule has 0 aliphatic heterocycles. The summed E-state index contributed by atoms with van der Waals surface area (Å²) in [7, 11) is 1.38. The van der Waals surface area contributed by atoms with Crippen LogP contribution in [0.1, 0.15) is 93.6 Å². The summed E-state index contributed by atoms with van der Waals surface area (Å²) < 4.78 is 10.4. The zero-order valence-corrected chi connectivity index (χ0v) is 32.2. The fourth-order valence-electron chi connectivity index (χ4n) is 4.53. The molecule has 0 aliphatic rings. The second-order valence-electron chi connectivity index (χ2n) is 11.8. The Balaban J connectivity index is 0. The lowest BCUT2D eigenvalue weighted by Gasteiger charge is -2.31. The summed E-state index contributed by atoms with van der Waals surface area (Å²) in [6.07, 6.45) is 17.4. The Kier molecular flexibility index (Phi) is 26.6. The molecule has 0 saturated heterocycles. The van der Waals surface area contributed by atoms with Gasteiger partial charge in [-0.15, -0.1) is 13.2 Å². The van der Waals surface area contributed by atoms with E-state index in [0.717, 1.165) is 17.6 Å². The normalized spacial score (nSPS) is 13.4. The molecule has 1 amide bonds. The number of carbonyl (C=O) groups is 2. The third-order valence-corrected chi connectivity index (χ3v) is 7.07. The Morgan fingerprint density at radius 3 is 2.20 bits per heavy atom. The molecule has 2 atom stereocenters. The monoisotopic (exact) mass is 679 g/mol. The third kappa shape index (κ3) is 20.1. The average Bonchev–Trinajstić information content (AvgIpc) is 3.09. The van der Waals surface area contributed by atoms with Crippen molar-refractivity contribution in [2.24, 2.45) is 4.99 Å². The number of nitrogens with zero attached hydrogens (tertiary/aromatic N) is 2. The van der Waals surface area contributed by atoms with E-state index in [1.54, 1.807) is 6.34 Å². The van der Waals surface area contributed by atoms with E-state index in [1.807, 2.05) is 115 Å². The molecule has 1 unspecified atom stereocenters. The number of methoxy groups -OCH3 is 1. The number of rotatable bonds is 19. The molecule has 0 fully saturated rings. The first-order chi connectivity index (χ1) is 23.3. The molecule has 0 aliphatic carbocycles. The molecule has 49 heavy (non-hydrogen) atoms. The van der Waals surface area contributed by atoms with Gasteiger partial charge in [0.15, 0.2) is 0 Å². The largest absolute Gasteiger partial charge is 0.468 e. The number of hydrogen-bond acceptors (Lipinski definition) is 6. The van der Waals surface area contributed by atoms with E-state index in [0.29, 0.717) is 44.6 Å². The zero-order valence-electron chi connectivity index (χ0n) is 32.2. The molecule has 8 heteroatoms. The zero-order chi connectivity index (χ0) is 37.7. The van der Waals surface area contributed by atoms with Crippen molar-refractivity contribution >= 4 is 18.4 Å². The number of aliphatic imine (C=N–C) groups is 1. The maximum atomic E-state index is 12.8. The number of benzene rings is 1. The lowest BCUT2D eigenvalue weighted by atomic mass is 9.80. The Bertz CT molecular complexity index is 1210. The summed E-state index contributed by atoms with van der Waals surface area (Å²) in [6.45, 7) is 31.1. The van der Waals surface area contributed by atoms with Crippen LogP contribution in [0.3, 0.4) is 0 Å². The summed E-state index contributed by atoms with van der Waals surface area (Å²) in [6, 6.07) is 9.55. The number of likely N-dealkylation sites (N-methyl/N-ethyl adjacent to an activating group) is 1. The topological polar surface area (TPSA) is 92.3 Å². The number of carbonyl (C=O) groups excluding carboxylic acids is 2. The molecule has 0 radical (unpaired) electrons. The fourth-order valence-corrected chi connectivity index (χ4v) is 4.53. The molecule has 1 aromatic carbocycles. The highest BCUT2D eigenvalue weighted by Gasteiger charge is 2.32. The predicted octanol–water partition coefficient (Wildman–Crippen LogP) is 9.45. The van der Waals surface area contributed by atoms with Crippen molar-refractivity contribution in [3.63, 3.8) is 0 Å². The Labute approximate surface area is 298 Å². The summed E-state index contributed by atoms with van der Waals surface area (Å²) in [5, 5.41) is 5.97. The summed E-state index contributed by atoms with van der Waals surface area (Å²) in [5.41, 5.74) is 1.47. The number of alkyl carbamates (subject to hydrolysis) is 1. The van der Waals surface area contributed by atoms with Gasteiger partial charge in [-0.3, -0.25) is 14.7 Å². The van der Waals surface area contributed by atoms with Crippen molar-refractivity contribution in [2.45, 2.75) is 105 Å². The molecular weight excluding hydrogens is 612 g/mol. The highest BCUT2D eigenvalue weighted by molar-refractivity contribution is 5.76. The van der Waals surface area contributed by atoms with Gasteiger partial charge in [-0.05, 0) is 78.5 Å².